The largest absolute Gasteiger partial charge is 0.375 e. The van der Waals surface area contributed by atoms with Gasteiger partial charge in [-0.25, -0.2) is 8.42 Å². The zero-order valence-corrected chi connectivity index (χ0v) is 19.6. The lowest BCUT2D eigenvalue weighted by Crippen LogP contribution is -2.45. The number of hydrogen-bond donors (Lipinski definition) is 1. The third-order valence-electron chi connectivity index (χ3n) is 5.76. The van der Waals surface area contributed by atoms with Crippen LogP contribution in [0, 0.1) is 12.8 Å². The van der Waals surface area contributed by atoms with Crippen molar-refractivity contribution in [1.82, 2.24) is 9.62 Å². The van der Waals surface area contributed by atoms with Gasteiger partial charge in [-0.2, -0.15) is 4.31 Å². The molecule has 1 aliphatic rings. The van der Waals surface area contributed by atoms with Crippen LogP contribution in [0.4, 0.5) is 5.69 Å². The molecule has 2 aromatic carbocycles. The van der Waals surface area contributed by atoms with Gasteiger partial charge in [0.15, 0.2) is 0 Å². The molecule has 1 N–H and O–H groups in total. The van der Waals surface area contributed by atoms with E-state index in [1.165, 1.54) is 4.31 Å². The van der Waals surface area contributed by atoms with Gasteiger partial charge in [-0.05, 0) is 56.0 Å². The quantitative estimate of drug-likeness (QED) is 0.606. The number of sulfonamides is 1. The summed E-state index contributed by atoms with van der Waals surface area (Å²) in [6.45, 7) is 3.70. The van der Waals surface area contributed by atoms with Gasteiger partial charge >= 0.3 is 0 Å². The van der Waals surface area contributed by atoms with E-state index in [-0.39, 0.29) is 23.3 Å². The van der Waals surface area contributed by atoms with Gasteiger partial charge in [-0.3, -0.25) is 4.79 Å². The average Bonchev–Trinajstić information content (AvgIpc) is 2.78. The maximum atomic E-state index is 13.1. The number of piperidine rings is 1. The van der Waals surface area contributed by atoms with Crippen molar-refractivity contribution in [2.45, 2.75) is 31.1 Å². The molecule has 1 amide bonds. The first-order valence-electron chi connectivity index (χ1n) is 10.6. The zero-order valence-electron chi connectivity index (χ0n) is 18.1. The SMILES string of the molecule is Cc1c(Cl)cccc1S(=O)(=O)N1CCCC(C(=O)NCCCN(C)c2ccccc2)C1. The first kappa shape index (κ1) is 23.6. The van der Waals surface area contributed by atoms with Crippen LogP contribution in [0.1, 0.15) is 24.8 Å². The molecule has 1 aliphatic heterocycles. The number of benzene rings is 2. The lowest BCUT2D eigenvalue weighted by Gasteiger charge is -2.31. The fourth-order valence-electron chi connectivity index (χ4n) is 3.86. The molecule has 0 bridgehead atoms. The van der Waals surface area contributed by atoms with Gasteiger partial charge in [0.2, 0.25) is 15.9 Å². The van der Waals surface area contributed by atoms with E-state index in [2.05, 4.69) is 22.3 Å². The summed E-state index contributed by atoms with van der Waals surface area (Å²) < 4.78 is 27.7. The number of halogens is 1. The number of carbonyl (C=O) groups is 1. The highest BCUT2D eigenvalue weighted by molar-refractivity contribution is 7.89. The summed E-state index contributed by atoms with van der Waals surface area (Å²) in [5.74, 6) is -0.417. The van der Waals surface area contributed by atoms with Gasteiger partial charge in [-0.1, -0.05) is 35.9 Å². The third-order valence-corrected chi connectivity index (χ3v) is 8.18. The van der Waals surface area contributed by atoms with Gasteiger partial charge in [0.1, 0.15) is 0 Å². The Morgan fingerprint density at radius 3 is 2.68 bits per heavy atom. The molecule has 1 heterocycles. The summed E-state index contributed by atoms with van der Waals surface area (Å²) in [5, 5.41) is 3.41. The van der Waals surface area contributed by atoms with Crippen LogP contribution >= 0.6 is 11.6 Å². The Kier molecular flexibility index (Phi) is 7.97. The zero-order chi connectivity index (χ0) is 22.4. The van der Waals surface area contributed by atoms with E-state index in [1.807, 2.05) is 25.2 Å². The molecule has 31 heavy (non-hydrogen) atoms. The summed E-state index contributed by atoms with van der Waals surface area (Å²) >= 11 is 6.12. The Hall–Kier alpha value is -2.09. The molecule has 0 aromatic heterocycles. The number of nitrogens with one attached hydrogen (secondary N) is 1. The highest BCUT2D eigenvalue weighted by Gasteiger charge is 2.34. The van der Waals surface area contributed by atoms with E-state index in [0.717, 1.165) is 18.7 Å². The highest BCUT2D eigenvalue weighted by Crippen LogP contribution is 2.28. The van der Waals surface area contributed by atoms with Crippen molar-refractivity contribution in [3.63, 3.8) is 0 Å². The highest BCUT2D eigenvalue weighted by atomic mass is 35.5. The second-order valence-electron chi connectivity index (χ2n) is 7.97. The van der Waals surface area contributed by atoms with Gasteiger partial charge in [0.05, 0.1) is 10.8 Å². The van der Waals surface area contributed by atoms with Crippen molar-refractivity contribution in [1.29, 1.82) is 0 Å². The van der Waals surface area contributed by atoms with E-state index in [0.29, 0.717) is 36.5 Å². The molecule has 8 heteroatoms. The van der Waals surface area contributed by atoms with Crippen LogP contribution in [0.5, 0.6) is 0 Å². The Balaban J connectivity index is 1.53. The minimum Gasteiger partial charge on any atom is -0.375 e. The molecule has 1 unspecified atom stereocenters. The van der Waals surface area contributed by atoms with Crippen molar-refractivity contribution in [3.8, 4) is 0 Å². The Bertz CT molecular complexity index is 998. The van der Waals surface area contributed by atoms with E-state index < -0.39 is 10.0 Å². The van der Waals surface area contributed by atoms with E-state index in [1.54, 1.807) is 25.1 Å². The molecule has 0 radical (unpaired) electrons. The lowest BCUT2D eigenvalue weighted by molar-refractivity contribution is -0.126. The molecule has 168 valence electrons. The van der Waals surface area contributed by atoms with Crippen LogP contribution in [0.2, 0.25) is 5.02 Å². The average molecular weight is 464 g/mol. The fraction of sp³-hybridized carbons (Fsp3) is 0.435. The minimum absolute atomic E-state index is 0.0786. The van der Waals surface area contributed by atoms with Crippen molar-refractivity contribution >= 4 is 33.2 Å². The molecule has 6 nitrogen and oxygen atoms in total. The predicted octanol–water partition coefficient (Wildman–Crippen LogP) is 3.69. The molecule has 2 aromatic rings. The Morgan fingerprint density at radius 1 is 1.19 bits per heavy atom. The molecule has 1 fully saturated rings. The second-order valence-corrected chi connectivity index (χ2v) is 10.3. The van der Waals surface area contributed by atoms with Crippen molar-refractivity contribution < 1.29 is 13.2 Å². The Morgan fingerprint density at radius 2 is 1.94 bits per heavy atom. The lowest BCUT2D eigenvalue weighted by atomic mass is 9.99. The monoisotopic (exact) mass is 463 g/mol. The first-order chi connectivity index (χ1) is 14.8. The van der Waals surface area contributed by atoms with Crippen LogP contribution in [0.15, 0.2) is 53.4 Å². The number of amides is 1. The predicted molar refractivity (Wildman–Crippen MR) is 125 cm³/mol. The van der Waals surface area contributed by atoms with Crippen LogP contribution in [0.25, 0.3) is 0 Å². The van der Waals surface area contributed by atoms with Gasteiger partial charge in [0.25, 0.3) is 0 Å². The standard InChI is InChI=1S/C23H30ClN3O3S/c1-18-21(24)12-6-13-22(18)31(29,30)27-16-7-9-19(17-27)23(28)25-14-8-15-26(2)20-10-4-3-5-11-20/h3-6,10-13,19H,7-9,14-17H2,1-2H3,(H,25,28). The van der Waals surface area contributed by atoms with Gasteiger partial charge in [-0.15, -0.1) is 0 Å². The molecular formula is C23H30ClN3O3S. The number of hydrogen-bond acceptors (Lipinski definition) is 4. The maximum absolute atomic E-state index is 13.1. The fourth-order valence-corrected chi connectivity index (χ4v) is 5.87. The summed E-state index contributed by atoms with van der Waals surface area (Å²) in [6, 6.07) is 15.0. The van der Waals surface area contributed by atoms with Crippen molar-refractivity contribution in [2.24, 2.45) is 5.92 Å². The number of nitrogens with zero attached hydrogens (tertiary/aromatic N) is 2. The third kappa shape index (κ3) is 5.79. The summed E-state index contributed by atoms with van der Waals surface area (Å²) in [7, 11) is -1.66. The molecule has 3 rings (SSSR count). The number of carbonyl (C=O) groups excluding carboxylic acids is 1. The van der Waals surface area contributed by atoms with Crippen LogP contribution in [0.3, 0.4) is 0 Å². The first-order valence-corrected chi connectivity index (χ1v) is 12.4. The Labute approximate surface area is 190 Å². The van der Waals surface area contributed by atoms with Crippen LogP contribution in [-0.4, -0.2) is 51.9 Å². The second kappa shape index (κ2) is 10.5. The maximum Gasteiger partial charge on any atom is 0.243 e. The molecule has 0 aliphatic carbocycles. The minimum atomic E-state index is -3.69. The van der Waals surface area contributed by atoms with Gasteiger partial charge < -0.3 is 10.2 Å². The van der Waals surface area contributed by atoms with Crippen LogP contribution in [-0.2, 0) is 14.8 Å². The number of rotatable bonds is 8. The topological polar surface area (TPSA) is 69.7 Å². The van der Waals surface area contributed by atoms with Gasteiger partial charge in [0, 0.05) is 43.9 Å². The smallest absolute Gasteiger partial charge is 0.243 e. The van der Waals surface area contributed by atoms with Crippen molar-refractivity contribution in [3.05, 3.63) is 59.1 Å². The number of para-hydroxylation sites is 1. The summed E-state index contributed by atoms with van der Waals surface area (Å²) in [5.41, 5.74) is 1.68. The van der Waals surface area contributed by atoms with E-state index in [9.17, 15) is 13.2 Å². The van der Waals surface area contributed by atoms with E-state index >= 15 is 0 Å². The molecule has 0 saturated carbocycles. The summed E-state index contributed by atoms with van der Waals surface area (Å²) in [4.78, 5) is 15.0. The molecule has 0 spiro atoms. The summed E-state index contributed by atoms with van der Waals surface area (Å²) in [6.07, 6.45) is 2.16. The molecule has 1 saturated heterocycles. The van der Waals surface area contributed by atoms with E-state index in [4.69, 9.17) is 11.6 Å². The van der Waals surface area contributed by atoms with Crippen molar-refractivity contribution in [2.75, 3.05) is 38.1 Å². The van der Waals surface area contributed by atoms with Crippen LogP contribution < -0.4 is 10.2 Å². The molecule has 1 atom stereocenters. The normalized spacial score (nSPS) is 17.3. The number of anilines is 1. The molecular weight excluding hydrogens is 434 g/mol.